The first kappa shape index (κ1) is 27.1. The van der Waals surface area contributed by atoms with Gasteiger partial charge in [-0.1, -0.05) is 19.9 Å². The highest BCUT2D eigenvalue weighted by molar-refractivity contribution is 14.0. The Bertz CT molecular complexity index is 752. The lowest BCUT2D eigenvalue weighted by Crippen LogP contribution is -2.44. The minimum absolute atomic E-state index is 0. The summed E-state index contributed by atoms with van der Waals surface area (Å²) in [6.07, 6.45) is 1.17. The molecule has 9 heteroatoms. The standard InChI is InChI=1S/C19H33FN4O2S.HI/c1-7-21-18(23-13-19(2,3)14-24(4)5)22-11-16-10-17(20)9-8-15(16)12-27(6,25)26;/h8-10H,7,11-14H2,1-6H3,(H2,21,22,23);1H. The van der Waals surface area contributed by atoms with Gasteiger partial charge in [0.15, 0.2) is 15.8 Å². The van der Waals surface area contributed by atoms with E-state index in [1.807, 2.05) is 21.0 Å². The molecular formula is C19H34FIN4O2S. The molecule has 6 nitrogen and oxygen atoms in total. The number of aliphatic imine (C=N–C) groups is 1. The summed E-state index contributed by atoms with van der Waals surface area (Å²) >= 11 is 0. The summed E-state index contributed by atoms with van der Waals surface area (Å²) in [5.41, 5.74) is 1.19. The lowest BCUT2D eigenvalue weighted by molar-refractivity contribution is 0.241. The van der Waals surface area contributed by atoms with Crippen molar-refractivity contribution in [3.05, 3.63) is 35.1 Å². The Morgan fingerprint density at radius 1 is 1.21 bits per heavy atom. The molecule has 28 heavy (non-hydrogen) atoms. The van der Waals surface area contributed by atoms with Crippen molar-refractivity contribution < 1.29 is 12.8 Å². The van der Waals surface area contributed by atoms with Crippen LogP contribution in [0, 0.1) is 11.2 Å². The maximum Gasteiger partial charge on any atom is 0.191 e. The van der Waals surface area contributed by atoms with E-state index < -0.39 is 15.7 Å². The molecule has 0 saturated heterocycles. The number of nitrogens with one attached hydrogen (secondary N) is 2. The van der Waals surface area contributed by atoms with E-state index in [1.54, 1.807) is 0 Å². The Balaban J connectivity index is 0.00000729. The highest BCUT2D eigenvalue weighted by Crippen LogP contribution is 2.16. The molecule has 1 rings (SSSR count). The molecule has 1 aromatic rings. The van der Waals surface area contributed by atoms with E-state index >= 15 is 0 Å². The quantitative estimate of drug-likeness (QED) is 0.293. The van der Waals surface area contributed by atoms with Crippen molar-refractivity contribution in [2.24, 2.45) is 10.4 Å². The van der Waals surface area contributed by atoms with E-state index in [4.69, 9.17) is 0 Å². The number of halogens is 2. The summed E-state index contributed by atoms with van der Waals surface area (Å²) in [6.45, 7) is 8.84. The third-order valence-corrected chi connectivity index (χ3v) is 4.65. The van der Waals surface area contributed by atoms with E-state index in [-0.39, 0.29) is 41.7 Å². The molecule has 0 fully saturated rings. The molecule has 0 atom stereocenters. The molecular weight excluding hydrogens is 494 g/mol. The molecule has 0 unspecified atom stereocenters. The van der Waals surface area contributed by atoms with Crippen LogP contribution in [0.25, 0.3) is 0 Å². The van der Waals surface area contributed by atoms with E-state index in [1.165, 1.54) is 24.5 Å². The van der Waals surface area contributed by atoms with Crippen molar-refractivity contribution in [1.29, 1.82) is 0 Å². The van der Waals surface area contributed by atoms with Gasteiger partial charge in [0.25, 0.3) is 0 Å². The van der Waals surface area contributed by atoms with Gasteiger partial charge < -0.3 is 15.5 Å². The molecule has 0 saturated carbocycles. The lowest BCUT2D eigenvalue weighted by atomic mass is 9.93. The van der Waals surface area contributed by atoms with Crippen molar-refractivity contribution in [3.8, 4) is 0 Å². The third-order valence-electron chi connectivity index (χ3n) is 3.82. The van der Waals surface area contributed by atoms with Gasteiger partial charge in [0.2, 0.25) is 0 Å². The number of rotatable bonds is 9. The number of benzene rings is 1. The number of hydrogen-bond acceptors (Lipinski definition) is 4. The van der Waals surface area contributed by atoms with Crippen molar-refractivity contribution in [2.75, 3.05) is 40.0 Å². The SMILES string of the molecule is CCNC(=NCc1cc(F)ccc1CS(C)(=O)=O)NCC(C)(C)CN(C)C.I. The fourth-order valence-corrected chi connectivity index (χ4v) is 3.75. The summed E-state index contributed by atoms with van der Waals surface area (Å²) in [5.74, 6) is 0.0965. The molecule has 0 aromatic heterocycles. The molecule has 0 amide bonds. The zero-order chi connectivity index (χ0) is 20.7. The van der Waals surface area contributed by atoms with E-state index in [0.717, 1.165) is 13.1 Å². The van der Waals surface area contributed by atoms with Crippen LogP contribution in [0.2, 0.25) is 0 Å². The van der Waals surface area contributed by atoms with Crippen LogP contribution in [0.3, 0.4) is 0 Å². The van der Waals surface area contributed by atoms with Crippen molar-refractivity contribution >= 4 is 39.8 Å². The first-order chi connectivity index (χ1) is 12.4. The number of guanidine groups is 1. The smallest absolute Gasteiger partial charge is 0.191 e. The number of hydrogen-bond donors (Lipinski definition) is 2. The van der Waals surface area contributed by atoms with Crippen LogP contribution in [0.15, 0.2) is 23.2 Å². The summed E-state index contributed by atoms with van der Waals surface area (Å²) in [7, 11) is 0.863. The topological polar surface area (TPSA) is 73.8 Å². The minimum Gasteiger partial charge on any atom is -0.357 e. The summed E-state index contributed by atoms with van der Waals surface area (Å²) in [4.78, 5) is 6.65. The second-order valence-corrected chi connectivity index (χ2v) is 10.1. The van der Waals surface area contributed by atoms with Crippen LogP contribution in [-0.4, -0.2) is 59.3 Å². The molecule has 0 aliphatic carbocycles. The van der Waals surface area contributed by atoms with Gasteiger partial charge in [-0.05, 0) is 49.7 Å². The monoisotopic (exact) mass is 528 g/mol. The average molecular weight is 528 g/mol. The van der Waals surface area contributed by atoms with E-state index in [0.29, 0.717) is 23.6 Å². The third kappa shape index (κ3) is 11.2. The molecule has 2 N–H and O–H groups in total. The highest BCUT2D eigenvalue weighted by Gasteiger charge is 2.19. The Morgan fingerprint density at radius 2 is 1.86 bits per heavy atom. The van der Waals surface area contributed by atoms with Crippen LogP contribution in [-0.2, 0) is 22.1 Å². The first-order valence-electron chi connectivity index (χ1n) is 9.04. The molecule has 0 aliphatic rings. The Kier molecular flexibility index (Phi) is 11.5. The fourth-order valence-electron chi connectivity index (χ4n) is 2.91. The number of nitrogens with zero attached hydrogens (tertiary/aromatic N) is 2. The van der Waals surface area contributed by atoms with Crippen LogP contribution < -0.4 is 10.6 Å². The minimum atomic E-state index is -3.21. The predicted octanol–water partition coefficient (Wildman–Crippen LogP) is 2.63. The fraction of sp³-hybridized carbons (Fsp3) is 0.632. The number of sulfone groups is 1. The van der Waals surface area contributed by atoms with Crippen molar-refractivity contribution in [1.82, 2.24) is 15.5 Å². The van der Waals surface area contributed by atoms with Gasteiger partial charge in [0.05, 0.1) is 12.3 Å². The zero-order valence-electron chi connectivity index (χ0n) is 17.7. The predicted molar refractivity (Wildman–Crippen MR) is 126 cm³/mol. The molecule has 0 bridgehead atoms. The highest BCUT2D eigenvalue weighted by atomic mass is 127. The zero-order valence-corrected chi connectivity index (χ0v) is 20.8. The van der Waals surface area contributed by atoms with Gasteiger partial charge >= 0.3 is 0 Å². The maximum atomic E-state index is 13.6. The second kappa shape index (κ2) is 11.9. The molecule has 0 spiro atoms. The summed E-state index contributed by atoms with van der Waals surface area (Å²) in [6, 6.07) is 4.15. The largest absolute Gasteiger partial charge is 0.357 e. The van der Waals surface area contributed by atoms with Gasteiger partial charge in [0, 0.05) is 25.9 Å². The van der Waals surface area contributed by atoms with Crippen LogP contribution in [0.4, 0.5) is 4.39 Å². The lowest BCUT2D eigenvalue weighted by Gasteiger charge is -2.29. The maximum absolute atomic E-state index is 13.6. The molecule has 162 valence electrons. The van der Waals surface area contributed by atoms with Crippen LogP contribution in [0.1, 0.15) is 31.9 Å². The Hall–Kier alpha value is -0.940. The van der Waals surface area contributed by atoms with Gasteiger partial charge in [-0.25, -0.2) is 17.8 Å². The first-order valence-corrected chi connectivity index (χ1v) is 11.1. The van der Waals surface area contributed by atoms with Crippen molar-refractivity contribution in [2.45, 2.75) is 33.1 Å². The second-order valence-electron chi connectivity index (χ2n) is 7.93. The van der Waals surface area contributed by atoms with Gasteiger partial charge in [-0.2, -0.15) is 0 Å². The Labute approximate surface area is 186 Å². The molecule has 0 radical (unpaired) electrons. The summed E-state index contributed by atoms with van der Waals surface area (Å²) < 4.78 is 36.9. The van der Waals surface area contributed by atoms with E-state index in [9.17, 15) is 12.8 Å². The molecule has 0 heterocycles. The van der Waals surface area contributed by atoms with Gasteiger partial charge in [0.1, 0.15) is 5.82 Å². The Morgan fingerprint density at radius 3 is 2.39 bits per heavy atom. The van der Waals surface area contributed by atoms with Crippen LogP contribution in [0.5, 0.6) is 0 Å². The van der Waals surface area contributed by atoms with Gasteiger partial charge in [-0.15, -0.1) is 24.0 Å². The average Bonchev–Trinajstić information content (AvgIpc) is 2.50. The van der Waals surface area contributed by atoms with E-state index in [2.05, 4.69) is 34.4 Å². The molecule has 1 aromatic carbocycles. The van der Waals surface area contributed by atoms with Crippen LogP contribution >= 0.6 is 24.0 Å². The van der Waals surface area contributed by atoms with Gasteiger partial charge in [-0.3, -0.25) is 0 Å². The normalized spacial score (nSPS) is 12.6. The summed E-state index contributed by atoms with van der Waals surface area (Å²) in [5, 5.41) is 6.49. The molecule has 0 aliphatic heterocycles. The van der Waals surface area contributed by atoms with Crippen molar-refractivity contribution in [3.63, 3.8) is 0 Å².